The number of hydrogen-bond acceptors (Lipinski definition) is 3. The van der Waals surface area contributed by atoms with E-state index in [1.54, 1.807) is 0 Å². The van der Waals surface area contributed by atoms with Crippen LogP contribution in [0.15, 0.2) is 6.07 Å². The number of hydrogen-bond donors (Lipinski definition) is 1. The molecule has 3 heteroatoms. The highest BCUT2D eigenvalue weighted by Gasteiger charge is 2.08. The second-order valence-corrected chi connectivity index (χ2v) is 4.74. The number of rotatable bonds is 5. The lowest BCUT2D eigenvalue weighted by atomic mass is 9.98. The largest absolute Gasteiger partial charge is 0.469 e. The van der Waals surface area contributed by atoms with Gasteiger partial charge in [0.15, 0.2) is 0 Å². The highest BCUT2D eigenvalue weighted by molar-refractivity contribution is 5.69. The Bertz CT molecular complexity index is 412. The van der Waals surface area contributed by atoms with Crippen molar-refractivity contribution in [2.45, 2.75) is 40.5 Å². The number of aryl methyl sites for hydroxylation is 2. The minimum absolute atomic E-state index is 0.148. The van der Waals surface area contributed by atoms with Gasteiger partial charge in [-0.25, -0.2) is 0 Å². The second kappa shape index (κ2) is 6.43. The maximum Gasteiger partial charge on any atom is 0.305 e. The van der Waals surface area contributed by atoms with Crippen LogP contribution in [0.25, 0.3) is 0 Å². The summed E-state index contributed by atoms with van der Waals surface area (Å²) in [5.74, 6) is -0.148. The van der Waals surface area contributed by atoms with E-state index in [2.05, 4.69) is 43.8 Å². The highest BCUT2D eigenvalue weighted by Crippen LogP contribution is 2.26. The van der Waals surface area contributed by atoms with E-state index in [1.807, 2.05) is 0 Å². The molecule has 0 saturated heterocycles. The molecule has 0 aliphatic rings. The Morgan fingerprint density at radius 1 is 1.17 bits per heavy atom. The molecule has 0 aliphatic heterocycles. The topological polar surface area (TPSA) is 38.3 Å². The summed E-state index contributed by atoms with van der Waals surface area (Å²) < 4.78 is 4.62. The third-order valence-electron chi connectivity index (χ3n) is 3.45. The smallest absolute Gasteiger partial charge is 0.305 e. The molecule has 3 nitrogen and oxygen atoms in total. The number of carbonyl (C=O) groups is 1. The average molecular weight is 249 g/mol. The molecule has 0 spiro atoms. The molecule has 1 N–H and O–H groups in total. The van der Waals surface area contributed by atoms with E-state index in [0.717, 1.165) is 13.0 Å². The summed E-state index contributed by atoms with van der Waals surface area (Å²) in [5, 5.41) is 3.43. The fraction of sp³-hybridized carbons (Fsp3) is 0.533. The number of nitrogens with one attached hydrogen (secondary N) is 1. The van der Waals surface area contributed by atoms with Crippen molar-refractivity contribution in [3.05, 3.63) is 28.3 Å². The zero-order valence-corrected chi connectivity index (χ0v) is 12.0. The van der Waals surface area contributed by atoms with Gasteiger partial charge in [-0.3, -0.25) is 4.79 Å². The number of esters is 1. The molecular weight excluding hydrogens is 226 g/mol. The lowest BCUT2D eigenvalue weighted by Crippen LogP contribution is -2.09. The Morgan fingerprint density at radius 3 is 2.22 bits per heavy atom. The van der Waals surface area contributed by atoms with Gasteiger partial charge >= 0.3 is 5.97 Å². The lowest BCUT2D eigenvalue weighted by molar-refractivity contribution is -0.140. The zero-order valence-electron chi connectivity index (χ0n) is 12.0. The van der Waals surface area contributed by atoms with Gasteiger partial charge in [-0.1, -0.05) is 6.07 Å². The van der Waals surface area contributed by atoms with Crippen LogP contribution in [0.5, 0.6) is 0 Å². The quantitative estimate of drug-likeness (QED) is 0.643. The Morgan fingerprint density at radius 2 is 1.72 bits per heavy atom. The van der Waals surface area contributed by atoms with Gasteiger partial charge in [0.25, 0.3) is 0 Å². The van der Waals surface area contributed by atoms with Gasteiger partial charge in [0.2, 0.25) is 0 Å². The summed E-state index contributed by atoms with van der Waals surface area (Å²) in [4.78, 5) is 11.0. The van der Waals surface area contributed by atoms with Gasteiger partial charge in [0, 0.05) is 18.7 Å². The molecule has 0 aliphatic carbocycles. The van der Waals surface area contributed by atoms with Crippen LogP contribution in [-0.4, -0.2) is 19.6 Å². The van der Waals surface area contributed by atoms with Gasteiger partial charge in [-0.15, -0.1) is 0 Å². The van der Waals surface area contributed by atoms with Crippen LogP contribution < -0.4 is 5.32 Å². The minimum atomic E-state index is -0.148. The summed E-state index contributed by atoms with van der Waals surface area (Å²) in [6.45, 7) is 9.30. The predicted molar refractivity (Wildman–Crippen MR) is 75.1 cm³/mol. The molecule has 0 heterocycles. The van der Waals surface area contributed by atoms with E-state index in [0.29, 0.717) is 6.42 Å². The fourth-order valence-corrected chi connectivity index (χ4v) is 2.03. The third kappa shape index (κ3) is 3.49. The minimum Gasteiger partial charge on any atom is -0.469 e. The maximum atomic E-state index is 11.0. The molecule has 1 aromatic rings. The van der Waals surface area contributed by atoms with E-state index >= 15 is 0 Å². The molecule has 0 bridgehead atoms. The fourth-order valence-electron chi connectivity index (χ4n) is 2.03. The Kier molecular flexibility index (Phi) is 5.20. The summed E-state index contributed by atoms with van der Waals surface area (Å²) in [5.41, 5.74) is 6.38. The Hall–Kier alpha value is -1.51. The SMILES string of the molecule is COC(=O)CCCNc1c(C)c(C)cc(C)c1C. The van der Waals surface area contributed by atoms with Crippen molar-refractivity contribution in [1.29, 1.82) is 0 Å². The van der Waals surface area contributed by atoms with Gasteiger partial charge in [-0.05, 0) is 56.4 Å². The average Bonchev–Trinajstić information content (AvgIpc) is 2.35. The van der Waals surface area contributed by atoms with E-state index in [1.165, 1.54) is 35.1 Å². The number of anilines is 1. The van der Waals surface area contributed by atoms with Crippen LogP contribution in [0.4, 0.5) is 5.69 Å². The Labute approximate surface area is 110 Å². The molecule has 100 valence electrons. The van der Waals surface area contributed by atoms with Crippen molar-refractivity contribution < 1.29 is 9.53 Å². The monoisotopic (exact) mass is 249 g/mol. The maximum absolute atomic E-state index is 11.0. The molecule has 0 atom stereocenters. The van der Waals surface area contributed by atoms with Gasteiger partial charge in [-0.2, -0.15) is 0 Å². The van der Waals surface area contributed by atoms with Crippen molar-refractivity contribution in [3.63, 3.8) is 0 Å². The van der Waals surface area contributed by atoms with Crippen molar-refractivity contribution >= 4 is 11.7 Å². The van der Waals surface area contributed by atoms with E-state index in [4.69, 9.17) is 0 Å². The molecule has 0 unspecified atom stereocenters. The van der Waals surface area contributed by atoms with Crippen LogP contribution in [0.3, 0.4) is 0 Å². The van der Waals surface area contributed by atoms with Gasteiger partial charge in [0.1, 0.15) is 0 Å². The van der Waals surface area contributed by atoms with Crippen molar-refractivity contribution in [2.75, 3.05) is 19.0 Å². The Balaban J connectivity index is 2.65. The summed E-state index contributed by atoms with van der Waals surface area (Å²) in [6, 6.07) is 2.21. The van der Waals surface area contributed by atoms with E-state index in [-0.39, 0.29) is 5.97 Å². The van der Waals surface area contributed by atoms with E-state index < -0.39 is 0 Å². The van der Waals surface area contributed by atoms with Crippen LogP contribution in [0.2, 0.25) is 0 Å². The molecule has 1 aromatic carbocycles. The number of methoxy groups -OCH3 is 1. The molecule has 0 aromatic heterocycles. The molecule has 0 radical (unpaired) electrons. The predicted octanol–water partition coefficient (Wildman–Crippen LogP) is 3.29. The first kappa shape index (κ1) is 14.6. The van der Waals surface area contributed by atoms with Crippen LogP contribution in [0.1, 0.15) is 35.1 Å². The molecule has 1 rings (SSSR count). The molecular formula is C15H23NO2. The number of benzene rings is 1. The summed E-state index contributed by atoms with van der Waals surface area (Å²) >= 11 is 0. The third-order valence-corrected chi connectivity index (χ3v) is 3.45. The first-order valence-corrected chi connectivity index (χ1v) is 6.35. The normalized spacial score (nSPS) is 10.3. The summed E-state index contributed by atoms with van der Waals surface area (Å²) in [7, 11) is 1.42. The van der Waals surface area contributed by atoms with Crippen LogP contribution in [-0.2, 0) is 9.53 Å². The van der Waals surface area contributed by atoms with Crippen LogP contribution >= 0.6 is 0 Å². The first-order chi connectivity index (χ1) is 8.47. The second-order valence-electron chi connectivity index (χ2n) is 4.74. The van der Waals surface area contributed by atoms with Crippen molar-refractivity contribution in [2.24, 2.45) is 0 Å². The first-order valence-electron chi connectivity index (χ1n) is 6.35. The number of carbonyl (C=O) groups excluding carboxylic acids is 1. The molecule has 0 fully saturated rings. The van der Waals surface area contributed by atoms with Gasteiger partial charge < -0.3 is 10.1 Å². The van der Waals surface area contributed by atoms with E-state index in [9.17, 15) is 4.79 Å². The van der Waals surface area contributed by atoms with Crippen molar-refractivity contribution in [1.82, 2.24) is 0 Å². The van der Waals surface area contributed by atoms with Gasteiger partial charge in [0.05, 0.1) is 7.11 Å². The van der Waals surface area contributed by atoms with Crippen molar-refractivity contribution in [3.8, 4) is 0 Å². The zero-order chi connectivity index (χ0) is 13.7. The highest BCUT2D eigenvalue weighted by atomic mass is 16.5. The number of ether oxygens (including phenoxy) is 1. The molecule has 0 saturated carbocycles. The molecule has 0 amide bonds. The standard InChI is InChI=1S/C15H23NO2/c1-10-9-11(2)13(4)15(12(10)3)16-8-6-7-14(17)18-5/h9,16H,6-8H2,1-5H3. The van der Waals surface area contributed by atoms with Crippen LogP contribution in [0, 0.1) is 27.7 Å². The lowest BCUT2D eigenvalue weighted by Gasteiger charge is -2.16. The summed E-state index contributed by atoms with van der Waals surface area (Å²) in [6.07, 6.45) is 1.25. The molecule has 18 heavy (non-hydrogen) atoms.